The van der Waals surface area contributed by atoms with E-state index in [0.717, 1.165) is 0 Å². The normalized spacial score (nSPS) is 17.1. The predicted molar refractivity (Wildman–Crippen MR) is 154 cm³/mol. The Kier molecular flexibility index (Phi) is 4.57. The molecule has 0 atom stereocenters. The standard InChI is InChI=1S/C34H37N2/c1-20(2)23-8-10-26-27-9-7-21(3)30-32(27)36(28(26)18-23)29-19-25(22-11-14-34(4,5)15-12-22)17-24-13-16-35(6)33(30)31(24)29/h7-10,13,16-20,22H,11-12,14-15H2,1-6H3/q+1. The summed E-state index contributed by atoms with van der Waals surface area (Å²) in [5.41, 5.74) is 10.2. The van der Waals surface area contributed by atoms with E-state index >= 15 is 0 Å². The minimum atomic E-state index is 0.481. The molecule has 3 heterocycles. The Hall–Kier alpha value is -3.13. The van der Waals surface area contributed by atoms with Crippen molar-refractivity contribution in [2.75, 3.05) is 0 Å². The zero-order chi connectivity index (χ0) is 24.9. The first-order valence-corrected chi connectivity index (χ1v) is 13.8. The molecule has 0 saturated heterocycles. The van der Waals surface area contributed by atoms with Crippen LogP contribution in [-0.4, -0.2) is 4.40 Å². The Balaban J connectivity index is 1.67. The number of aryl methyl sites for hydroxylation is 2. The fourth-order valence-corrected chi connectivity index (χ4v) is 7.08. The summed E-state index contributed by atoms with van der Waals surface area (Å²) in [7, 11) is 2.21. The van der Waals surface area contributed by atoms with Crippen molar-refractivity contribution in [3.8, 4) is 0 Å². The lowest BCUT2D eigenvalue weighted by Crippen LogP contribution is -2.29. The van der Waals surface area contributed by atoms with E-state index in [1.807, 2.05) is 0 Å². The highest BCUT2D eigenvalue weighted by molar-refractivity contribution is 6.25. The van der Waals surface area contributed by atoms with Crippen LogP contribution >= 0.6 is 0 Å². The molecule has 3 aromatic heterocycles. The van der Waals surface area contributed by atoms with E-state index in [1.165, 1.54) is 91.4 Å². The summed E-state index contributed by atoms with van der Waals surface area (Å²) in [4.78, 5) is 0. The zero-order valence-corrected chi connectivity index (χ0v) is 22.6. The first kappa shape index (κ1) is 22.1. The SMILES string of the molecule is Cc1ccc2c3ccc(C(C)C)cc3n3c4cc(C5CCC(C)(C)CC5)cc5cc[n+](C)c(c1c23)c54. The van der Waals surface area contributed by atoms with E-state index in [9.17, 15) is 0 Å². The van der Waals surface area contributed by atoms with Gasteiger partial charge < -0.3 is 4.40 Å². The van der Waals surface area contributed by atoms with Crippen molar-refractivity contribution >= 4 is 49.0 Å². The number of nitrogens with zero attached hydrogens (tertiary/aromatic N) is 2. The molecule has 0 unspecified atom stereocenters. The highest BCUT2D eigenvalue weighted by Gasteiger charge is 2.29. The molecule has 1 saturated carbocycles. The van der Waals surface area contributed by atoms with Crippen LogP contribution in [0.4, 0.5) is 0 Å². The molecule has 1 aliphatic carbocycles. The summed E-state index contributed by atoms with van der Waals surface area (Å²) in [6.45, 7) is 11.8. The van der Waals surface area contributed by atoms with Gasteiger partial charge in [-0.2, -0.15) is 0 Å². The maximum Gasteiger partial charge on any atom is 0.224 e. The van der Waals surface area contributed by atoms with E-state index in [-0.39, 0.29) is 0 Å². The van der Waals surface area contributed by atoms with Gasteiger partial charge in [-0.05, 0) is 84.1 Å². The third-order valence-corrected chi connectivity index (χ3v) is 9.36. The van der Waals surface area contributed by atoms with Crippen LogP contribution in [-0.2, 0) is 7.05 Å². The summed E-state index contributed by atoms with van der Waals surface area (Å²) in [5.74, 6) is 1.16. The van der Waals surface area contributed by atoms with Crippen molar-refractivity contribution in [2.45, 2.75) is 72.1 Å². The van der Waals surface area contributed by atoms with Gasteiger partial charge in [0.25, 0.3) is 0 Å². The Morgan fingerprint density at radius 2 is 1.64 bits per heavy atom. The molecule has 0 N–H and O–H groups in total. The van der Waals surface area contributed by atoms with E-state index < -0.39 is 0 Å². The average Bonchev–Trinajstić information content (AvgIpc) is 3.18. The van der Waals surface area contributed by atoms with E-state index in [2.05, 4.69) is 105 Å². The van der Waals surface area contributed by atoms with Gasteiger partial charge in [-0.25, -0.2) is 4.57 Å². The van der Waals surface area contributed by atoms with Crippen molar-refractivity contribution in [3.63, 3.8) is 0 Å². The molecule has 6 aromatic rings. The van der Waals surface area contributed by atoms with E-state index in [0.29, 0.717) is 17.3 Å². The number of hydrogen-bond donors (Lipinski definition) is 0. The minimum Gasteiger partial charge on any atom is -0.307 e. The molecular formula is C34H37N2+. The van der Waals surface area contributed by atoms with Gasteiger partial charge in [0.15, 0.2) is 6.20 Å². The molecule has 0 aliphatic heterocycles. The third-order valence-electron chi connectivity index (χ3n) is 9.36. The number of fused-ring (bicyclic) bond motifs is 5. The van der Waals surface area contributed by atoms with Crippen LogP contribution in [0.3, 0.4) is 0 Å². The van der Waals surface area contributed by atoms with E-state index in [1.54, 1.807) is 0 Å². The quantitative estimate of drug-likeness (QED) is 0.135. The van der Waals surface area contributed by atoms with Crippen molar-refractivity contribution in [2.24, 2.45) is 12.5 Å². The molecule has 0 spiro atoms. The van der Waals surface area contributed by atoms with Crippen LogP contribution < -0.4 is 4.57 Å². The van der Waals surface area contributed by atoms with Gasteiger partial charge in [0, 0.05) is 16.8 Å². The van der Waals surface area contributed by atoms with Crippen molar-refractivity contribution < 1.29 is 4.57 Å². The number of benzene rings is 3. The Morgan fingerprint density at radius 3 is 2.39 bits per heavy atom. The summed E-state index contributed by atoms with van der Waals surface area (Å²) in [6, 6.07) is 19.2. The number of rotatable bonds is 2. The highest BCUT2D eigenvalue weighted by atomic mass is 15.0. The second-order valence-electron chi connectivity index (χ2n) is 12.6. The van der Waals surface area contributed by atoms with Crippen LogP contribution in [0.5, 0.6) is 0 Å². The molecule has 0 radical (unpaired) electrons. The van der Waals surface area contributed by atoms with E-state index in [4.69, 9.17) is 0 Å². The minimum absolute atomic E-state index is 0.481. The van der Waals surface area contributed by atoms with Gasteiger partial charge in [-0.15, -0.1) is 0 Å². The molecule has 36 heavy (non-hydrogen) atoms. The molecule has 0 bridgehead atoms. The van der Waals surface area contributed by atoms with Crippen molar-refractivity contribution in [3.05, 3.63) is 71.4 Å². The largest absolute Gasteiger partial charge is 0.307 e. The molecule has 182 valence electrons. The highest BCUT2D eigenvalue weighted by Crippen LogP contribution is 2.46. The maximum absolute atomic E-state index is 2.62. The number of hydrogen-bond acceptors (Lipinski definition) is 0. The summed E-state index contributed by atoms with van der Waals surface area (Å²) < 4.78 is 4.96. The van der Waals surface area contributed by atoms with Crippen molar-refractivity contribution in [1.29, 1.82) is 0 Å². The van der Waals surface area contributed by atoms with Crippen LogP contribution in [0.15, 0.2) is 54.7 Å². The van der Waals surface area contributed by atoms with Gasteiger partial charge in [0.05, 0.1) is 27.3 Å². The van der Waals surface area contributed by atoms with Gasteiger partial charge in [-0.3, -0.25) is 0 Å². The monoisotopic (exact) mass is 473 g/mol. The Morgan fingerprint density at radius 1 is 0.889 bits per heavy atom. The van der Waals surface area contributed by atoms with Gasteiger partial charge in [0.1, 0.15) is 7.05 Å². The average molecular weight is 474 g/mol. The lowest BCUT2D eigenvalue weighted by Gasteiger charge is -2.34. The first-order valence-electron chi connectivity index (χ1n) is 13.8. The van der Waals surface area contributed by atoms with Crippen molar-refractivity contribution in [1.82, 2.24) is 4.40 Å². The molecular weight excluding hydrogens is 436 g/mol. The Labute approximate surface area is 213 Å². The molecule has 1 fully saturated rings. The van der Waals surface area contributed by atoms with Gasteiger partial charge in [-0.1, -0.05) is 58.0 Å². The van der Waals surface area contributed by atoms with Crippen LogP contribution in [0.25, 0.3) is 49.0 Å². The smallest absolute Gasteiger partial charge is 0.224 e. The molecule has 2 nitrogen and oxygen atoms in total. The fraction of sp³-hybridized carbons (Fsp3) is 0.382. The Bertz CT molecular complexity index is 1800. The lowest BCUT2D eigenvalue weighted by molar-refractivity contribution is -0.643. The topological polar surface area (TPSA) is 8.29 Å². The second-order valence-corrected chi connectivity index (χ2v) is 12.6. The predicted octanol–water partition coefficient (Wildman–Crippen LogP) is 8.93. The zero-order valence-electron chi connectivity index (χ0n) is 22.6. The molecule has 0 amide bonds. The maximum atomic E-state index is 2.62. The van der Waals surface area contributed by atoms with Crippen LogP contribution in [0.1, 0.15) is 81.9 Å². The molecule has 2 heteroatoms. The van der Waals surface area contributed by atoms with Gasteiger partial charge in [0.2, 0.25) is 5.52 Å². The van der Waals surface area contributed by atoms with Crippen LogP contribution in [0, 0.1) is 12.3 Å². The second kappa shape index (κ2) is 7.44. The van der Waals surface area contributed by atoms with Gasteiger partial charge >= 0.3 is 0 Å². The number of pyridine rings is 2. The third kappa shape index (κ3) is 3.00. The molecule has 3 aromatic carbocycles. The first-order chi connectivity index (χ1) is 17.2. The summed E-state index contributed by atoms with van der Waals surface area (Å²) >= 11 is 0. The lowest BCUT2D eigenvalue weighted by atomic mass is 9.71. The molecule has 7 rings (SSSR count). The number of aromatic nitrogens is 2. The molecule has 1 aliphatic rings. The summed E-state index contributed by atoms with van der Waals surface area (Å²) in [6.07, 6.45) is 7.48. The van der Waals surface area contributed by atoms with Crippen LogP contribution in [0.2, 0.25) is 0 Å². The fourth-order valence-electron chi connectivity index (χ4n) is 7.08. The summed E-state index contributed by atoms with van der Waals surface area (Å²) in [5, 5.41) is 6.90.